The number of carbonyl (C=O) groups is 1. The lowest BCUT2D eigenvalue weighted by molar-refractivity contribution is -0.122. The quantitative estimate of drug-likeness (QED) is 0.418. The molecule has 0 unspecified atom stereocenters. The third-order valence-corrected chi connectivity index (χ3v) is 6.22. The molecule has 1 aliphatic heterocycles. The summed E-state index contributed by atoms with van der Waals surface area (Å²) in [5.74, 6) is 1.12. The van der Waals surface area contributed by atoms with E-state index in [1.165, 1.54) is 11.8 Å². The Morgan fingerprint density at radius 2 is 1.97 bits per heavy atom. The SMILES string of the molecule is COc1cc(/C=C2\SC(=S)N(CCN(C)C)C2=O)ccc1OCc1ccccc1Cl. The maximum absolute atomic E-state index is 12.7. The molecule has 0 aliphatic carbocycles. The first-order valence-electron chi connectivity index (χ1n) is 9.33. The van der Waals surface area contributed by atoms with Gasteiger partial charge in [0, 0.05) is 23.7 Å². The van der Waals surface area contributed by atoms with Gasteiger partial charge >= 0.3 is 0 Å². The van der Waals surface area contributed by atoms with E-state index in [4.69, 9.17) is 33.3 Å². The van der Waals surface area contributed by atoms with Crippen molar-refractivity contribution in [2.75, 3.05) is 34.3 Å². The molecule has 8 heteroatoms. The monoisotopic (exact) mass is 462 g/mol. The van der Waals surface area contributed by atoms with Crippen LogP contribution in [0.1, 0.15) is 11.1 Å². The Bertz CT molecular complexity index is 979. The van der Waals surface area contributed by atoms with Crippen LogP contribution in [0.4, 0.5) is 0 Å². The van der Waals surface area contributed by atoms with Crippen molar-refractivity contribution in [1.29, 1.82) is 0 Å². The molecule has 0 atom stereocenters. The summed E-state index contributed by atoms with van der Waals surface area (Å²) in [7, 11) is 5.52. The smallest absolute Gasteiger partial charge is 0.266 e. The number of methoxy groups -OCH3 is 1. The van der Waals surface area contributed by atoms with Crippen LogP contribution in [0.3, 0.4) is 0 Å². The molecular weight excluding hydrogens is 440 g/mol. The van der Waals surface area contributed by atoms with Crippen molar-refractivity contribution in [1.82, 2.24) is 9.80 Å². The predicted octanol–water partition coefficient (Wildman–Crippen LogP) is 4.69. The van der Waals surface area contributed by atoms with Gasteiger partial charge in [-0.2, -0.15) is 0 Å². The molecule has 0 spiro atoms. The van der Waals surface area contributed by atoms with Crippen LogP contribution in [0.5, 0.6) is 11.5 Å². The molecule has 0 aromatic heterocycles. The van der Waals surface area contributed by atoms with Crippen LogP contribution < -0.4 is 9.47 Å². The van der Waals surface area contributed by atoms with E-state index in [0.717, 1.165) is 17.7 Å². The van der Waals surface area contributed by atoms with Crippen molar-refractivity contribution in [3.05, 3.63) is 63.5 Å². The lowest BCUT2D eigenvalue weighted by Gasteiger charge is -2.17. The molecule has 5 nitrogen and oxygen atoms in total. The molecule has 1 aliphatic rings. The maximum atomic E-state index is 12.7. The van der Waals surface area contributed by atoms with Gasteiger partial charge in [-0.25, -0.2) is 0 Å². The van der Waals surface area contributed by atoms with Crippen molar-refractivity contribution in [2.24, 2.45) is 0 Å². The first kappa shape index (κ1) is 22.6. The van der Waals surface area contributed by atoms with Crippen LogP contribution in [-0.2, 0) is 11.4 Å². The van der Waals surface area contributed by atoms with Gasteiger partial charge in [-0.15, -0.1) is 0 Å². The Kier molecular flexibility index (Phi) is 7.77. The number of benzene rings is 2. The second-order valence-corrected chi connectivity index (χ2v) is 9.01. The summed E-state index contributed by atoms with van der Waals surface area (Å²) in [6, 6.07) is 13.1. The molecule has 2 aromatic carbocycles. The summed E-state index contributed by atoms with van der Waals surface area (Å²) < 4.78 is 12.0. The van der Waals surface area contributed by atoms with Crippen LogP contribution in [0.2, 0.25) is 5.02 Å². The van der Waals surface area contributed by atoms with Crippen molar-refractivity contribution in [3.63, 3.8) is 0 Å². The number of thioether (sulfide) groups is 1. The molecule has 3 rings (SSSR count). The molecule has 0 saturated carbocycles. The summed E-state index contributed by atoms with van der Waals surface area (Å²) >= 11 is 12.9. The highest BCUT2D eigenvalue weighted by Gasteiger charge is 2.31. The van der Waals surface area contributed by atoms with Gasteiger partial charge in [0.2, 0.25) is 0 Å². The fourth-order valence-electron chi connectivity index (χ4n) is 2.81. The Labute approximate surface area is 191 Å². The molecule has 1 amide bonds. The summed E-state index contributed by atoms with van der Waals surface area (Å²) in [5.41, 5.74) is 1.73. The predicted molar refractivity (Wildman–Crippen MR) is 127 cm³/mol. The Balaban J connectivity index is 1.73. The van der Waals surface area contributed by atoms with Crippen molar-refractivity contribution >= 4 is 51.9 Å². The molecule has 2 aromatic rings. The normalized spacial score (nSPS) is 15.4. The van der Waals surface area contributed by atoms with Gasteiger partial charge in [0.25, 0.3) is 5.91 Å². The minimum atomic E-state index is -0.0649. The average Bonchev–Trinajstić information content (AvgIpc) is 2.98. The fourth-order valence-corrected chi connectivity index (χ4v) is 4.31. The van der Waals surface area contributed by atoms with Gasteiger partial charge in [0.05, 0.1) is 12.0 Å². The highest BCUT2D eigenvalue weighted by molar-refractivity contribution is 8.26. The van der Waals surface area contributed by atoms with Crippen LogP contribution in [0, 0.1) is 0 Å². The standard InChI is InChI=1S/C22H23ClN2O3S2/c1-24(2)10-11-25-21(26)20(30-22(25)29)13-15-8-9-18(19(12-15)27-3)28-14-16-6-4-5-7-17(16)23/h4-9,12-13H,10-11,14H2,1-3H3/b20-13-. The van der Waals surface area contributed by atoms with E-state index in [1.807, 2.05) is 67.5 Å². The van der Waals surface area contributed by atoms with Gasteiger partial charge in [-0.05, 0) is 43.9 Å². The topological polar surface area (TPSA) is 42.0 Å². The second-order valence-electron chi connectivity index (χ2n) is 6.93. The number of hydrogen-bond acceptors (Lipinski definition) is 6. The fraction of sp³-hybridized carbons (Fsp3) is 0.273. The first-order valence-corrected chi connectivity index (χ1v) is 10.9. The van der Waals surface area contributed by atoms with E-state index in [-0.39, 0.29) is 5.91 Å². The number of amides is 1. The Morgan fingerprint density at radius 3 is 2.67 bits per heavy atom. The van der Waals surface area contributed by atoms with E-state index in [2.05, 4.69) is 0 Å². The van der Waals surface area contributed by atoms with Crippen molar-refractivity contribution in [2.45, 2.75) is 6.61 Å². The van der Waals surface area contributed by atoms with E-state index in [9.17, 15) is 4.79 Å². The van der Waals surface area contributed by atoms with Crippen LogP contribution in [0.15, 0.2) is 47.4 Å². The molecule has 0 N–H and O–H groups in total. The van der Waals surface area contributed by atoms with Gasteiger partial charge < -0.3 is 14.4 Å². The number of carbonyl (C=O) groups excluding carboxylic acids is 1. The average molecular weight is 463 g/mol. The van der Waals surface area contributed by atoms with Gasteiger partial charge in [-0.3, -0.25) is 9.69 Å². The van der Waals surface area contributed by atoms with Gasteiger partial charge in [0.1, 0.15) is 10.9 Å². The third-order valence-electron chi connectivity index (χ3n) is 4.47. The second kappa shape index (κ2) is 10.3. The molecule has 0 bridgehead atoms. The number of nitrogens with zero attached hydrogens (tertiary/aromatic N) is 2. The molecule has 1 fully saturated rings. The van der Waals surface area contributed by atoms with E-state index >= 15 is 0 Å². The summed E-state index contributed by atoms with van der Waals surface area (Å²) in [6.45, 7) is 1.66. The molecule has 0 radical (unpaired) electrons. The largest absolute Gasteiger partial charge is 0.493 e. The first-order chi connectivity index (χ1) is 14.4. The highest BCUT2D eigenvalue weighted by Crippen LogP contribution is 2.35. The zero-order valence-electron chi connectivity index (χ0n) is 17.1. The van der Waals surface area contributed by atoms with Crippen molar-refractivity contribution in [3.8, 4) is 11.5 Å². The Morgan fingerprint density at radius 1 is 1.20 bits per heavy atom. The zero-order chi connectivity index (χ0) is 21.7. The molecule has 158 valence electrons. The van der Waals surface area contributed by atoms with Gasteiger partial charge in [0.15, 0.2) is 11.5 Å². The Hall–Kier alpha value is -2.06. The molecule has 1 heterocycles. The van der Waals surface area contributed by atoms with Crippen molar-refractivity contribution < 1.29 is 14.3 Å². The summed E-state index contributed by atoms with van der Waals surface area (Å²) in [4.78, 5) is 17.0. The van der Waals surface area contributed by atoms with E-state index < -0.39 is 0 Å². The molecular formula is C22H23ClN2O3S2. The van der Waals surface area contributed by atoms with Crippen LogP contribution >= 0.6 is 35.6 Å². The highest BCUT2D eigenvalue weighted by atomic mass is 35.5. The maximum Gasteiger partial charge on any atom is 0.266 e. The van der Waals surface area contributed by atoms with E-state index in [0.29, 0.717) is 38.9 Å². The number of hydrogen-bond donors (Lipinski definition) is 0. The number of rotatable bonds is 8. The van der Waals surface area contributed by atoms with Crippen LogP contribution in [-0.4, -0.2) is 54.3 Å². The number of likely N-dealkylation sites (N-methyl/N-ethyl adjacent to an activating group) is 1. The molecule has 30 heavy (non-hydrogen) atoms. The number of ether oxygens (including phenoxy) is 2. The number of thiocarbonyl (C=S) groups is 1. The lowest BCUT2D eigenvalue weighted by Crippen LogP contribution is -2.34. The zero-order valence-corrected chi connectivity index (χ0v) is 19.4. The van der Waals surface area contributed by atoms with Gasteiger partial charge in [-0.1, -0.05) is 59.8 Å². The lowest BCUT2D eigenvalue weighted by atomic mass is 10.1. The third kappa shape index (κ3) is 5.55. The summed E-state index contributed by atoms with van der Waals surface area (Å²) in [6.07, 6.45) is 1.83. The number of halogens is 1. The minimum absolute atomic E-state index is 0.0649. The molecule has 1 saturated heterocycles. The van der Waals surface area contributed by atoms with Crippen LogP contribution in [0.25, 0.3) is 6.08 Å². The summed E-state index contributed by atoms with van der Waals surface area (Å²) in [5, 5.41) is 0.657. The van der Waals surface area contributed by atoms with E-state index in [1.54, 1.807) is 12.0 Å². The minimum Gasteiger partial charge on any atom is -0.493 e.